The molecule has 0 N–H and O–H groups in total. The van der Waals surface area contributed by atoms with Gasteiger partial charge in [-0.1, -0.05) is 41.4 Å². The Morgan fingerprint density at radius 2 is 2.07 bits per heavy atom. The van der Waals surface area contributed by atoms with Gasteiger partial charge >= 0.3 is 5.97 Å². The molecule has 162 valence electrons. The Labute approximate surface area is 190 Å². The smallest absolute Gasteiger partial charge is 0.356 e. The van der Waals surface area contributed by atoms with Crippen molar-refractivity contribution in [2.45, 2.75) is 64.8 Å². The molecule has 30 heavy (non-hydrogen) atoms. The fourth-order valence-corrected chi connectivity index (χ4v) is 5.59. The van der Waals surface area contributed by atoms with Crippen molar-refractivity contribution < 1.29 is 14.1 Å². The molecule has 0 aliphatic carbocycles. The lowest BCUT2D eigenvalue weighted by Gasteiger charge is -2.33. The van der Waals surface area contributed by atoms with Crippen LogP contribution >= 0.6 is 15.9 Å². The molecule has 1 aliphatic rings. The number of ether oxygens (including phenoxy) is 1. The Hall–Kier alpha value is -1.41. The van der Waals surface area contributed by atoms with E-state index in [9.17, 15) is 9.35 Å². The molecule has 0 radical (unpaired) electrons. The van der Waals surface area contributed by atoms with Gasteiger partial charge in [-0.3, -0.25) is 0 Å². The molecular formula is C23H29BrN2O3S. The lowest BCUT2D eigenvalue weighted by atomic mass is 9.95. The maximum atomic E-state index is 13.4. The minimum absolute atomic E-state index is 0.0113. The van der Waals surface area contributed by atoms with Gasteiger partial charge in [0, 0.05) is 27.0 Å². The van der Waals surface area contributed by atoms with Gasteiger partial charge in [-0.25, -0.2) is 9.78 Å². The molecule has 0 fully saturated rings. The first-order chi connectivity index (χ1) is 14.2. The van der Waals surface area contributed by atoms with Gasteiger partial charge in [0.1, 0.15) is 10.4 Å². The molecule has 0 saturated carbocycles. The number of hydrogen-bond acceptors (Lipinski definition) is 5. The molecule has 1 aliphatic heterocycles. The zero-order valence-corrected chi connectivity index (χ0v) is 20.6. The second kappa shape index (κ2) is 9.39. The van der Waals surface area contributed by atoms with E-state index >= 15 is 0 Å². The number of esters is 1. The molecule has 7 heteroatoms. The number of aromatic nitrogens is 1. The summed E-state index contributed by atoms with van der Waals surface area (Å²) in [6, 6.07) is 9.72. The third kappa shape index (κ3) is 4.74. The maximum absolute atomic E-state index is 13.4. The topological polar surface area (TPSA) is 65.5 Å². The van der Waals surface area contributed by atoms with Gasteiger partial charge < -0.3 is 9.29 Å². The second-order valence-electron chi connectivity index (χ2n) is 8.40. The number of halogens is 1. The Balaban J connectivity index is 2.20. The third-order valence-electron chi connectivity index (χ3n) is 5.03. The quantitative estimate of drug-likeness (QED) is 0.376. The number of carbonyl (C=O) groups excluding carboxylic acids is 1. The van der Waals surface area contributed by atoms with Crippen LogP contribution in [0, 0.1) is 0 Å². The fourth-order valence-electron chi connectivity index (χ4n) is 3.79. The lowest BCUT2D eigenvalue weighted by Crippen LogP contribution is -2.42. The summed E-state index contributed by atoms with van der Waals surface area (Å²) in [6.45, 7) is 10.7. The van der Waals surface area contributed by atoms with Crippen molar-refractivity contribution in [2.75, 3.05) is 6.61 Å². The summed E-state index contributed by atoms with van der Waals surface area (Å²) in [4.78, 5) is 17.3. The van der Waals surface area contributed by atoms with E-state index < -0.39 is 17.3 Å². The van der Waals surface area contributed by atoms with E-state index in [0.29, 0.717) is 18.8 Å². The van der Waals surface area contributed by atoms with Crippen molar-refractivity contribution in [2.24, 2.45) is 0 Å². The Morgan fingerprint density at radius 1 is 1.33 bits per heavy atom. The highest BCUT2D eigenvalue weighted by molar-refractivity contribution is 9.10. The first-order valence-corrected chi connectivity index (χ1v) is 12.2. The van der Waals surface area contributed by atoms with Gasteiger partial charge in [-0.15, -0.1) is 4.31 Å². The Kier molecular flexibility index (Phi) is 7.28. The van der Waals surface area contributed by atoms with Crippen LogP contribution in [0.25, 0.3) is 11.3 Å². The van der Waals surface area contributed by atoms with E-state index in [4.69, 9.17) is 9.72 Å². The molecular weight excluding hydrogens is 464 g/mol. The number of rotatable bonds is 6. The van der Waals surface area contributed by atoms with Crippen molar-refractivity contribution in [3.05, 3.63) is 51.6 Å². The van der Waals surface area contributed by atoms with E-state index in [1.165, 1.54) is 0 Å². The lowest BCUT2D eigenvalue weighted by molar-refractivity contribution is 0.0519. The minimum Gasteiger partial charge on any atom is -0.597 e. The van der Waals surface area contributed by atoms with Crippen molar-refractivity contribution >= 4 is 33.3 Å². The molecule has 1 aromatic carbocycles. The zero-order valence-electron chi connectivity index (χ0n) is 18.2. The maximum Gasteiger partial charge on any atom is 0.356 e. The average molecular weight is 493 g/mol. The van der Waals surface area contributed by atoms with Crippen molar-refractivity contribution in [1.82, 2.24) is 9.29 Å². The second-order valence-corrected chi connectivity index (χ2v) is 11.5. The molecule has 2 aromatic rings. The molecule has 2 heterocycles. The number of carbonyl (C=O) groups is 1. The van der Waals surface area contributed by atoms with Gasteiger partial charge in [0.2, 0.25) is 0 Å². The summed E-state index contributed by atoms with van der Waals surface area (Å²) in [5, 5.41) is 0. The summed E-state index contributed by atoms with van der Waals surface area (Å²) >= 11 is 2.36. The van der Waals surface area contributed by atoms with Crippen molar-refractivity contribution in [1.29, 1.82) is 0 Å². The highest BCUT2D eigenvalue weighted by Crippen LogP contribution is 2.45. The van der Waals surface area contributed by atoms with Crippen LogP contribution in [0.1, 0.15) is 75.1 Å². The molecule has 2 atom stereocenters. The molecule has 0 bridgehead atoms. The van der Waals surface area contributed by atoms with Crippen molar-refractivity contribution in [3.8, 4) is 11.3 Å². The fraction of sp³-hybridized carbons (Fsp3) is 0.478. The van der Waals surface area contributed by atoms with Crippen LogP contribution in [0.5, 0.6) is 0 Å². The monoisotopic (exact) mass is 492 g/mol. The summed E-state index contributed by atoms with van der Waals surface area (Å²) < 4.78 is 21.2. The van der Waals surface area contributed by atoms with Crippen molar-refractivity contribution in [3.63, 3.8) is 0 Å². The minimum atomic E-state index is -1.18. The van der Waals surface area contributed by atoms with Crippen LogP contribution in [0.4, 0.5) is 0 Å². The number of fused-ring (bicyclic) bond motifs is 1. The average Bonchev–Trinajstić information content (AvgIpc) is 3.04. The third-order valence-corrected chi connectivity index (χ3v) is 7.38. The van der Waals surface area contributed by atoms with Crippen LogP contribution in [-0.4, -0.2) is 31.2 Å². The van der Waals surface area contributed by atoms with Gasteiger partial charge in [0.25, 0.3) is 0 Å². The molecule has 0 spiro atoms. The van der Waals surface area contributed by atoms with Gasteiger partial charge in [-0.05, 0) is 57.9 Å². The number of pyridine rings is 1. The van der Waals surface area contributed by atoms with Crippen LogP contribution in [0.2, 0.25) is 0 Å². The predicted molar refractivity (Wildman–Crippen MR) is 124 cm³/mol. The normalized spacial score (nSPS) is 17.6. The van der Waals surface area contributed by atoms with E-state index in [1.54, 1.807) is 6.92 Å². The zero-order chi connectivity index (χ0) is 22.1. The van der Waals surface area contributed by atoms with Crippen LogP contribution < -0.4 is 0 Å². The molecule has 1 aromatic heterocycles. The first kappa shape index (κ1) is 23.3. The van der Waals surface area contributed by atoms with E-state index in [2.05, 4.69) is 27.2 Å². The summed E-state index contributed by atoms with van der Waals surface area (Å²) in [6.07, 6.45) is 1.83. The predicted octanol–water partition coefficient (Wildman–Crippen LogP) is 5.81. The van der Waals surface area contributed by atoms with Crippen LogP contribution in [0.3, 0.4) is 0 Å². The highest BCUT2D eigenvalue weighted by Gasteiger charge is 2.44. The summed E-state index contributed by atoms with van der Waals surface area (Å²) in [5.74, 6) is -0.431. The van der Waals surface area contributed by atoms with E-state index in [1.807, 2.05) is 51.1 Å². The van der Waals surface area contributed by atoms with Gasteiger partial charge in [-0.2, -0.15) is 0 Å². The molecule has 1 unspecified atom stereocenters. The molecule has 0 saturated heterocycles. The number of nitrogens with zero attached hydrogens (tertiary/aromatic N) is 2. The van der Waals surface area contributed by atoms with Gasteiger partial charge in [0.15, 0.2) is 0 Å². The molecule has 0 amide bonds. The highest BCUT2D eigenvalue weighted by atomic mass is 79.9. The first-order valence-electron chi connectivity index (χ1n) is 10.3. The number of benzene rings is 1. The summed E-state index contributed by atoms with van der Waals surface area (Å²) in [7, 11) is 0. The summed E-state index contributed by atoms with van der Waals surface area (Å²) in [5.41, 5.74) is 4.06. The molecule has 5 nitrogen and oxygen atoms in total. The molecule has 3 rings (SSSR count). The SMILES string of the molecule is CCC[C@@H]1c2c(cc(C(=O)OCC)nc2-c2cccc(Br)c2)CN1[S+]([O-])C(C)(C)C. The largest absolute Gasteiger partial charge is 0.597 e. The number of hydrogen-bond donors (Lipinski definition) is 0. The standard InChI is InChI=1S/C23H29BrN2O3S/c1-6-9-19-20-16(14-26(19)30(28)23(3,4)5)13-18(22(27)29-7-2)25-21(20)15-10-8-11-17(24)12-15/h8,10-13,19H,6-7,9,14H2,1-5H3/t19-,30?/m1/s1. The van der Waals surface area contributed by atoms with Gasteiger partial charge in [0.05, 0.1) is 24.9 Å². The Morgan fingerprint density at radius 3 is 2.67 bits per heavy atom. The van der Waals surface area contributed by atoms with E-state index in [0.717, 1.165) is 39.7 Å². The van der Waals surface area contributed by atoms with Crippen LogP contribution in [0.15, 0.2) is 34.8 Å². The van der Waals surface area contributed by atoms with Crippen LogP contribution in [-0.2, 0) is 22.6 Å². The van der Waals surface area contributed by atoms with E-state index in [-0.39, 0.29) is 10.8 Å². The Bertz CT molecular complexity index is 929.